The zero-order chi connectivity index (χ0) is 12.6. The van der Waals surface area contributed by atoms with E-state index >= 15 is 0 Å². The van der Waals surface area contributed by atoms with Crippen LogP contribution >= 0.6 is 0 Å². The molecule has 0 fully saturated rings. The van der Waals surface area contributed by atoms with Crippen LogP contribution < -0.4 is 10.6 Å². The Bertz CT molecular complexity index is 497. The van der Waals surface area contributed by atoms with Gasteiger partial charge in [0.05, 0.1) is 6.54 Å². The van der Waals surface area contributed by atoms with Gasteiger partial charge in [-0.1, -0.05) is 6.07 Å². The first kappa shape index (κ1) is 11.6. The molecule has 0 bridgehead atoms. The number of carbonyl (C=O) groups is 2. The second-order valence-electron chi connectivity index (χ2n) is 4.24. The summed E-state index contributed by atoms with van der Waals surface area (Å²) in [4.78, 5) is 22.3. The molecule has 0 aromatic heterocycles. The molecule has 0 aliphatic carbocycles. The van der Waals surface area contributed by atoms with Gasteiger partial charge in [-0.2, -0.15) is 0 Å². The summed E-state index contributed by atoms with van der Waals surface area (Å²) in [5.74, 6) is -1.18. The molecule has 1 atom stereocenters. The predicted octanol–water partition coefficient (Wildman–Crippen LogP) is 0.971. The Labute approximate surface area is 98.8 Å². The number of benzene rings is 1. The van der Waals surface area contributed by atoms with Crippen molar-refractivity contribution in [3.05, 3.63) is 28.8 Å². The molecule has 1 heterocycles. The summed E-state index contributed by atoms with van der Waals surface area (Å²) < 4.78 is 0. The fraction of sp³-hybridized carbons (Fsp3) is 0.333. The van der Waals surface area contributed by atoms with Crippen molar-refractivity contribution >= 4 is 17.6 Å². The van der Waals surface area contributed by atoms with Gasteiger partial charge in [-0.3, -0.25) is 14.9 Å². The minimum absolute atomic E-state index is 0.199. The van der Waals surface area contributed by atoms with Crippen LogP contribution in [0.4, 0.5) is 5.69 Å². The van der Waals surface area contributed by atoms with Gasteiger partial charge in [0.2, 0.25) is 5.91 Å². The molecule has 0 radical (unpaired) electrons. The number of hydrogen-bond donors (Lipinski definition) is 3. The molecule has 17 heavy (non-hydrogen) atoms. The molecule has 2 rings (SSSR count). The largest absolute Gasteiger partial charge is 0.480 e. The zero-order valence-electron chi connectivity index (χ0n) is 9.70. The summed E-state index contributed by atoms with van der Waals surface area (Å²) in [7, 11) is 0. The number of hydrogen-bond acceptors (Lipinski definition) is 3. The summed E-state index contributed by atoms with van der Waals surface area (Å²) in [6.07, 6.45) is 0. The lowest BCUT2D eigenvalue weighted by Gasteiger charge is -2.12. The normalized spacial score (nSPS) is 17.8. The number of fused-ring (bicyclic) bond motifs is 1. The monoisotopic (exact) mass is 234 g/mol. The fourth-order valence-corrected chi connectivity index (χ4v) is 2.19. The van der Waals surface area contributed by atoms with Crippen LogP contribution in [0.3, 0.4) is 0 Å². The standard InChI is InChI=1S/C12H14N2O3/c1-6-3-7(2)10-8(4-6)14-12(17)11(10)13-5-9(15)16/h3-4,11,13H,5H2,1-2H3,(H,14,17)(H,15,16). The highest BCUT2D eigenvalue weighted by Crippen LogP contribution is 2.34. The quantitative estimate of drug-likeness (QED) is 0.728. The molecule has 1 aromatic carbocycles. The zero-order valence-corrected chi connectivity index (χ0v) is 9.70. The number of carboxylic acid groups (broad SMARTS) is 1. The molecule has 1 unspecified atom stereocenters. The lowest BCUT2D eigenvalue weighted by atomic mass is 10.00. The molecular weight excluding hydrogens is 220 g/mol. The van der Waals surface area contributed by atoms with Crippen LogP contribution in [0.1, 0.15) is 22.7 Å². The van der Waals surface area contributed by atoms with Crippen molar-refractivity contribution in [1.82, 2.24) is 5.32 Å². The Hall–Kier alpha value is -1.88. The van der Waals surface area contributed by atoms with Gasteiger partial charge in [-0.05, 0) is 31.0 Å². The Morgan fingerprint density at radius 2 is 2.18 bits per heavy atom. The van der Waals surface area contributed by atoms with Gasteiger partial charge in [-0.25, -0.2) is 0 Å². The van der Waals surface area contributed by atoms with E-state index in [-0.39, 0.29) is 12.5 Å². The second-order valence-corrected chi connectivity index (χ2v) is 4.24. The topological polar surface area (TPSA) is 78.4 Å². The van der Waals surface area contributed by atoms with Gasteiger partial charge < -0.3 is 10.4 Å². The van der Waals surface area contributed by atoms with Crippen LogP contribution in [0, 0.1) is 13.8 Å². The predicted molar refractivity (Wildman–Crippen MR) is 62.9 cm³/mol. The maximum absolute atomic E-state index is 11.7. The number of aryl methyl sites for hydroxylation is 2. The molecule has 0 saturated carbocycles. The van der Waals surface area contributed by atoms with Gasteiger partial charge in [0.25, 0.3) is 0 Å². The van der Waals surface area contributed by atoms with E-state index in [1.54, 1.807) is 0 Å². The molecule has 0 spiro atoms. The van der Waals surface area contributed by atoms with E-state index in [9.17, 15) is 9.59 Å². The van der Waals surface area contributed by atoms with Crippen LogP contribution in [-0.4, -0.2) is 23.5 Å². The maximum Gasteiger partial charge on any atom is 0.317 e. The number of carboxylic acids is 1. The van der Waals surface area contributed by atoms with Crippen molar-refractivity contribution in [3.63, 3.8) is 0 Å². The third-order valence-corrected chi connectivity index (χ3v) is 2.80. The SMILES string of the molecule is Cc1cc(C)c2c(c1)NC(=O)C2NCC(=O)O. The molecule has 1 aliphatic rings. The third kappa shape index (κ3) is 2.14. The van der Waals surface area contributed by atoms with Crippen molar-refractivity contribution in [2.45, 2.75) is 19.9 Å². The van der Waals surface area contributed by atoms with Crippen molar-refractivity contribution in [2.24, 2.45) is 0 Å². The summed E-state index contributed by atoms with van der Waals surface area (Å²) in [6.45, 7) is 3.64. The molecule has 5 nitrogen and oxygen atoms in total. The average molecular weight is 234 g/mol. The Balaban J connectivity index is 2.33. The number of aliphatic carboxylic acids is 1. The average Bonchev–Trinajstić information content (AvgIpc) is 2.51. The Kier molecular flexibility index (Phi) is 2.85. The summed E-state index contributed by atoms with van der Waals surface area (Å²) in [6, 6.07) is 3.30. The van der Waals surface area contributed by atoms with Gasteiger partial charge >= 0.3 is 5.97 Å². The molecule has 3 N–H and O–H groups in total. The number of anilines is 1. The van der Waals surface area contributed by atoms with E-state index in [0.29, 0.717) is 0 Å². The first-order valence-electron chi connectivity index (χ1n) is 5.36. The van der Waals surface area contributed by atoms with Crippen molar-refractivity contribution in [3.8, 4) is 0 Å². The first-order chi connectivity index (χ1) is 7.99. The lowest BCUT2D eigenvalue weighted by molar-refractivity contribution is -0.136. The fourth-order valence-electron chi connectivity index (χ4n) is 2.19. The van der Waals surface area contributed by atoms with Crippen molar-refractivity contribution in [2.75, 3.05) is 11.9 Å². The number of rotatable bonds is 3. The van der Waals surface area contributed by atoms with E-state index in [4.69, 9.17) is 5.11 Å². The van der Waals surface area contributed by atoms with Crippen molar-refractivity contribution < 1.29 is 14.7 Å². The number of nitrogens with one attached hydrogen (secondary N) is 2. The molecule has 90 valence electrons. The van der Waals surface area contributed by atoms with E-state index in [1.807, 2.05) is 26.0 Å². The van der Waals surface area contributed by atoms with Crippen molar-refractivity contribution in [1.29, 1.82) is 0 Å². The van der Waals surface area contributed by atoms with Crippen LogP contribution in [0.2, 0.25) is 0 Å². The molecule has 5 heteroatoms. The van der Waals surface area contributed by atoms with Crippen LogP contribution in [-0.2, 0) is 9.59 Å². The van der Waals surface area contributed by atoms with E-state index < -0.39 is 12.0 Å². The molecular formula is C12H14N2O3. The molecule has 1 amide bonds. The highest BCUT2D eigenvalue weighted by molar-refractivity contribution is 6.03. The van der Waals surface area contributed by atoms with Crippen LogP contribution in [0.15, 0.2) is 12.1 Å². The Morgan fingerprint density at radius 1 is 1.47 bits per heavy atom. The minimum atomic E-state index is -0.976. The molecule has 1 aliphatic heterocycles. The summed E-state index contributed by atoms with van der Waals surface area (Å²) in [5.41, 5.74) is 3.68. The van der Waals surface area contributed by atoms with E-state index in [2.05, 4.69) is 10.6 Å². The van der Waals surface area contributed by atoms with Crippen LogP contribution in [0.5, 0.6) is 0 Å². The number of amides is 1. The summed E-state index contributed by atoms with van der Waals surface area (Å²) >= 11 is 0. The highest BCUT2D eigenvalue weighted by atomic mass is 16.4. The minimum Gasteiger partial charge on any atom is -0.480 e. The highest BCUT2D eigenvalue weighted by Gasteiger charge is 2.32. The second kappa shape index (κ2) is 4.18. The van der Waals surface area contributed by atoms with Crippen LogP contribution in [0.25, 0.3) is 0 Å². The number of carbonyl (C=O) groups excluding carboxylic acids is 1. The Morgan fingerprint density at radius 3 is 2.82 bits per heavy atom. The molecule has 0 saturated heterocycles. The van der Waals surface area contributed by atoms with E-state index in [0.717, 1.165) is 22.4 Å². The van der Waals surface area contributed by atoms with Gasteiger partial charge in [-0.15, -0.1) is 0 Å². The lowest BCUT2D eigenvalue weighted by Crippen LogP contribution is -2.32. The molecule has 1 aromatic rings. The first-order valence-corrected chi connectivity index (χ1v) is 5.36. The third-order valence-electron chi connectivity index (χ3n) is 2.80. The smallest absolute Gasteiger partial charge is 0.317 e. The summed E-state index contributed by atoms with van der Waals surface area (Å²) in [5, 5.41) is 14.1. The maximum atomic E-state index is 11.7. The van der Waals surface area contributed by atoms with E-state index in [1.165, 1.54) is 0 Å². The van der Waals surface area contributed by atoms with Gasteiger partial charge in [0.15, 0.2) is 0 Å². The van der Waals surface area contributed by atoms with Gasteiger partial charge in [0, 0.05) is 11.3 Å². The van der Waals surface area contributed by atoms with Gasteiger partial charge in [0.1, 0.15) is 6.04 Å².